The molecule has 4 aromatic rings. The zero-order valence-corrected chi connectivity index (χ0v) is 21.6. The van der Waals surface area contributed by atoms with Crippen molar-refractivity contribution in [3.63, 3.8) is 0 Å². The molecule has 1 unspecified atom stereocenters. The first kappa shape index (κ1) is 26.6. The molecule has 0 radical (unpaired) electrons. The molecule has 38 heavy (non-hydrogen) atoms. The Kier molecular flexibility index (Phi) is 7.93. The lowest BCUT2D eigenvalue weighted by atomic mass is 10.0. The molecule has 0 aliphatic rings. The van der Waals surface area contributed by atoms with Crippen LogP contribution in [0.1, 0.15) is 16.4 Å². The molecule has 3 aromatic carbocycles. The minimum Gasteiger partial charge on any atom is -0.493 e. The number of sulfonamides is 1. The molecular weight excluding hydrogens is 513 g/mol. The Labute approximate surface area is 219 Å². The Morgan fingerprint density at radius 2 is 1.45 bits per heavy atom. The van der Waals surface area contributed by atoms with Gasteiger partial charge in [0.25, 0.3) is 0 Å². The summed E-state index contributed by atoms with van der Waals surface area (Å²) in [6.45, 7) is 0. The third-order valence-corrected chi connectivity index (χ3v) is 6.77. The second kappa shape index (κ2) is 11.3. The average Bonchev–Trinajstić information content (AvgIpc) is 2.91. The van der Waals surface area contributed by atoms with E-state index in [1.165, 1.54) is 21.3 Å². The van der Waals surface area contributed by atoms with E-state index in [2.05, 4.69) is 20.6 Å². The SMILES string of the molecule is COc1cc(Nc2ncc(F)c(Nc3ccc(C(c4ccccc4)S(N)(=O)=O)cc3)n2)cc(OC)c1OC. The number of anilines is 4. The fraction of sp³-hybridized carbons (Fsp3) is 0.154. The molecule has 0 bridgehead atoms. The zero-order valence-electron chi connectivity index (χ0n) is 20.8. The molecule has 12 heteroatoms. The molecule has 0 amide bonds. The highest BCUT2D eigenvalue weighted by Gasteiger charge is 2.25. The van der Waals surface area contributed by atoms with Gasteiger partial charge in [0.05, 0.1) is 27.5 Å². The maximum atomic E-state index is 14.5. The number of methoxy groups -OCH3 is 3. The molecule has 10 nitrogen and oxygen atoms in total. The van der Waals surface area contributed by atoms with Crippen LogP contribution in [0.25, 0.3) is 0 Å². The molecule has 0 spiro atoms. The maximum Gasteiger partial charge on any atom is 0.229 e. The van der Waals surface area contributed by atoms with Gasteiger partial charge >= 0.3 is 0 Å². The van der Waals surface area contributed by atoms with Crippen LogP contribution < -0.4 is 30.0 Å². The Balaban J connectivity index is 1.57. The van der Waals surface area contributed by atoms with Crippen LogP contribution in [-0.4, -0.2) is 39.7 Å². The van der Waals surface area contributed by atoms with E-state index in [1.807, 2.05) is 0 Å². The van der Waals surface area contributed by atoms with Gasteiger partial charge < -0.3 is 24.8 Å². The highest BCUT2D eigenvalue weighted by atomic mass is 32.2. The van der Waals surface area contributed by atoms with Crippen molar-refractivity contribution in [2.24, 2.45) is 5.14 Å². The lowest BCUT2D eigenvalue weighted by molar-refractivity contribution is 0.324. The zero-order chi connectivity index (χ0) is 27.3. The molecule has 1 heterocycles. The molecule has 0 aliphatic heterocycles. The van der Waals surface area contributed by atoms with Gasteiger partial charge in [-0.1, -0.05) is 42.5 Å². The van der Waals surface area contributed by atoms with Gasteiger partial charge in [-0.2, -0.15) is 4.98 Å². The molecule has 1 aromatic heterocycles. The van der Waals surface area contributed by atoms with Crippen LogP contribution in [0, 0.1) is 5.82 Å². The average molecular weight is 540 g/mol. The fourth-order valence-electron chi connectivity index (χ4n) is 3.87. The summed E-state index contributed by atoms with van der Waals surface area (Å²) in [5.74, 6) is 0.595. The van der Waals surface area contributed by atoms with Crippen molar-refractivity contribution in [1.29, 1.82) is 0 Å². The van der Waals surface area contributed by atoms with Crippen molar-refractivity contribution >= 4 is 33.2 Å². The summed E-state index contributed by atoms with van der Waals surface area (Å²) in [7, 11) is 0.551. The minimum absolute atomic E-state index is 0.0891. The summed E-state index contributed by atoms with van der Waals surface area (Å²) in [5, 5.41) is 10.4. The number of benzene rings is 3. The van der Waals surface area contributed by atoms with E-state index >= 15 is 0 Å². The van der Waals surface area contributed by atoms with Crippen LogP contribution >= 0.6 is 0 Å². The molecule has 0 aliphatic carbocycles. The quantitative estimate of drug-likeness (QED) is 0.266. The third kappa shape index (κ3) is 5.93. The summed E-state index contributed by atoms with van der Waals surface area (Å²) in [6.07, 6.45) is 1.02. The van der Waals surface area contributed by atoms with E-state index in [-0.39, 0.29) is 11.8 Å². The van der Waals surface area contributed by atoms with Crippen LogP contribution in [0.5, 0.6) is 17.2 Å². The molecule has 4 rings (SSSR count). The van der Waals surface area contributed by atoms with Crippen LogP contribution in [-0.2, 0) is 10.0 Å². The third-order valence-electron chi connectivity index (χ3n) is 5.57. The number of ether oxygens (including phenoxy) is 3. The van der Waals surface area contributed by atoms with Crippen molar-refractivity contribution < 1.29 is 27.0 Å². The number of hydrogen-bond donors (Lipinski definition) is 3. The van der Waals surface area contributed by atoms with Crippen molar-refractivity contribution in [2.75, 3.05) is 32.0 Å². The second-order valence-electron chi connectivity index (χ2n) is 8.06. The maximum absolute atomic E-state index is 14.5. The summed E-state index contributed by atoms with van der Waals surface area (Å²) in [6, 6.07) is 18.4. The number of hydrogen-bond acceptors (Lipinski definition) is 9. The summed E-state index contributed by atoms with van der Waals surface area (Å²) in [5.41, 5.74) is 2.01. The monoisotopic (exact) mass is 539 g/mol. The van der Waals surface area contributed by atoms with Crippen LogP contribution in [0.3, 0.4) is 0 Å². The molecule has 4 N–H and O–H groups in total. The second-order valence-corrected chi connectivity index (χ2v) is 9.71. The smallest absolute Gasteiger partial charge is 0.229 e. The number of nitrogens with zero attached hydrogens (tertiary/aromatic N) is 2. The Morgan fingerprint density at radius 3 is 2.00 bits per heavy atom. The van der Waals surface area contributed by atoms with Gasteiger partial charge in [-0.15, -0.1) is 0 Å². The van der Waals surface area contributed by atoms with E-state index < -0.39 is 21.1 Å². The largest absolute Gasteiger partial charge is 0.493 e. The molecule has 0 saturated carbocycles. The Hall–Kier alpha value is -4.42. The highest BCUT2D eigenvalue weighted by molar-refractivity contribution is 7.89. The normalized spacial score (nSPS) is 11.9. The fourth-order valence-corrected chi connectivity index (χ4v) is 4.95. The topological polar surface area (TPSA) is 138 Å². The Morgan fingerprint density at radius 1 is 0.842 bits per heavy atom. The minimum atomic E-state index is -3.93. The summed E-state index contributed by atoms with van der Waals surface area (Å²) in [4.78, 5) is 8.22. The van der Waals surface area contributed by atoms with Crippen molar-refractivity contribution in [1.82, 2.24) is 9.97 Å². The number of primary sulfonamides is 1. The number of halogens is 1. The van der Waals surface area contributed by atoms with E-state index in [0.29, 0.717) is 39.8 Å². The first-order valence-corrected chi connectivity index (χ1v) is 12.9. The van der Waals surface area contributed by atoms with Crippen molar-refractivity contribution in [3.8, 4) is 17.2 Å². The molecule has 0 fully saturated rings. The van der Waals surface area contributed by atoms with Crippen LogP contribution in [0.2, 0.25) is 0 Å². The predicted octanol–water partition coefficient (Wildman–Crippen LogP) is 4.51. The summed E-state index contributed by atoms with van der Waals surface area (Å²) >= 11 is 0. The van der Waals surface area contributed by atoms with E-state index in [0.717, 1.165) is 6.20 Å². The predicted molar refractivity (Wildman–Crippen MR) is 142 cm³/mol. The van der Waals surface area contributed by atoms with Gasteiger partial charge in [0.1, 0.15) is 5.25 Å². The Bertz CT molecular complexity index is 1490. The van der Waals surface area contributed by atoms with Crippen molar-refractivity contribution in [2.45, 2.75) is 5.25 Å². The van der Waals surface area contributed by atoms with Crippen LogP contribution in [0.15, 0.2) is 72.9 Å². The van der Waals surface area contributed by atoms with Gasteiger partial charge in [0.15, 0.2) is 23.1 Å². The standard InChI is InChI=1S/C26H26FN5O5S/c1-35-21-13-19(14-22(36-2)23(21)37-3)31-26-29-15-20(27)25(32-26)30-18-11-9-17(10-12-18)24(38(28,33)34)16-7-5-4-6-8-16/h4-15,24H,1-3H3,(H2,28,33,34)(H2,29,30,31,32). The first-order chi connectivity index (χ1) is 18.2. The van der Waals surface area contributed by atoms with Gasteiger partial charge in [-0.25, -0.2) is 22.9 Å². The van der Waals surface area contributed by atoms with Gasteiger partial charge in [-0.3, -0.25) is 0 Å². The van der Waals surface area contributed by atoms with Crippen molar-refractivity contribution in [3.05, 3.63) is 89.9 Å². The lowest BCUT2D eigenvalue weighted by Gasteiger charge is -2.17. The molecule has 198 valence electrons. The van der Waals surface area contributed by atoms with Gasteiger partial charge in [0, 0.05) is 23.5 Å². The summed E-state index contributed by atoms with van der Waals surface area (Å²) < 4.78 is 55.2. The molecule has 1 atom stereocenters. The van der Waals surface area contributed by atoms with Gasteiger partial charge in [0.2, 0.25) is 21.7 Å². The number of rotatable bonds is 10. The molecule has 0 saturated heterocycles. The van der Waals surface area contributed by atoms with Gasteiger partial charge in [-0.05, 0) is 23.3 Å². The number of nitrogens with one attached hydrogen (secondary N) is 2. The van der Waals surface area contributed by atoms with Crippen LogP contribution in [0.4, 0.5) is 27.5 Å². The van der Waals surface area contributed by atoms with E-state index in [1.54, 1.807) is 66.7 Å². The number of nitrogens with two attached hydrogens (primary N) is 1. The molecular formula is C26H26FN5O5S. The van der Waals surface area contributed by atoms with E-state index in [4.69, 9.17) is 19.3 Å². The first-order valence-electron chi connectivity index (χ1n) is 11.3. The lowest BCUT2D eigenvalue weighted by Crippen LogP contribution is -2.22. The highest BCUT2D eigenvalue weighted by Crippen LogP contribution is 2.40. The van der Waals surface area contributed by atoms with E-state index in [9.17, 15) is 12.8 Å². The number of aromatic nitrogens is 2.